The van der Waals surface area contributed by atoms with Crippen LogP contribution in [-0.4, -0.2) is 11.1 Å². The van der Waals surface area contributed by atoms with Gasteiger partial charge >= 0.3 is 0 Å². The summed E-state index contributed by atoms with van der Waals surface area (Å²) in [5, 5.41) is 9.70. The van der Waals surface area contributed by atoms with Gasteiger partial charge in [0.25, 0.3) is 0 Å². The molecule has 2 atom stereocenters. The second kappa shape index (κ2) is 4.58. The van der Waals surface area contributed by atoms with Crippen molar-refractivity contribution in [3.8, 4) is 0 Å². The molecule has 0 amide bonds. The molecule has 0 aromatic heterocycles. The Labute approximate surface area is 85.8 Å². The van der Waals surface area contributed by atoms with E-state index in [0.717, 1.165) is 5.56 Å². The molecule has 78 valence electrons. The molecule has 0 aliphatic carbocycles. The van der Waals surface area contributed by atoms with E-state index < -0.39 is 6.10 Å². The lowest BCUT2D eigenvalue weighted by Crippen LogP contribution is -2.24. The number of benzene rings is 1. The zero-order chi connectivity index (χ0) is 10.7. The number of rotatable bonds is 3. The van der Waals surface area contributed by atoms with Crippen molar-refractivity contribution < 1.29 is 5.11 Å². The monoisotopic (exact) mass is 193 g/mol. The van der Waals surface area contributed by atoms with Crippen molar-refractivity contribution in [2.75, 3.05) is 0 Å². The number of hydrogen-bond acceptors (Lipinski definition) is 2. The molecule has 0 heterocycles. The predicted octanol–water partition coefficient (Wildman–Crippen LogP) is 2.19. The van der Waals surface area contributed by atoms with E-state index in [9.17, 15) is 5.11 Å². The smallest absolute Gasteiger partial charge is 0.0938 e. The molecule has 0 fully saturated rings. The lowest BCUT2D eigenvalue weighted by Gasteiger charge is -2.15. The Morgan fingerprint density at radius 1 is 1.00 bits per heavy atom. The molecular weight excluding hydrogens is 174 g/mol. The minimum Gasteiger partial charge on any atom is -0.387 e. The molecule has 2 nitrogen and oxygen atoms in total. The van der Waals surface area contributed by atoms with Crippen molar-refractivity contribution in [1.29, 1.82) is 0 Å². The van der Waals surface area contributed by atoms with E-state index in [4.69, 9.17) is 5.73 Å². The summed E-state index contributed by atoms with van der Waals surface area (Å²) in [4.78, 5) is 0. The highest BCUT2D eigenvalue weighted by Crippen LogP contribution is 2.19. The molecule has 0 aliphatic heterocycles. The van der Waals surface area contributed by atoms with Gasteiger partial charge in [-0.2, -0.15) is 0 Å². The molecule has 0 saturated heterocycles. The Hall–Kier alpha value is -0.860. The maximum absolute atomic E-state index is 9.70. The molecule has 1 aromatic carbocycles. The maximum atomic E-state index is 9.70. The molecule has 1 rings (SSSR count). The summed E-state index contributed by atoms with van der Waals surface area (Å²) in [5.41, 5.74) is 7.79. The van der Waals surface area contributed by atoms with E-state index in [1.807, 2.05) is 24.3 Å². The first kappa shape index (κ1) is 11.2. The second-order valence-electron chi connectivity index (χ2n) is 4.13. The fraction of sp³-hybridized carbons (Fsp3) is 0.500. The van der Waals surface area contributed by atoms with Gasteiger partial charge < -0.3 is 10.8 Å². The number of aliphatic hydroxyl groups excluding tert-OH is 1. The van der Waals surface area contributed by atoms with Crippen molar-refractivity contribution in [3.63, 3.8) is 0 Å². The quantitative estimate of drug-likeness (QED) is 0.773. The van der Waals surface area contributed by atoms with Crippen LogP contribution in [0.3, 0.4) is 0 Å². The Kier molecular flexibility index (Phi) is 3.67. The molecule has 0 unspecified atom stereocenters. The van der Waals surface area contributed by atoms with E-state index >= 15 is 0 Å². The first-order valence-electron chi connectivity index (χ1n) is 5.06. The fourth-order valence-corrected chi connectivity index (χ4v) is 1.38. The van der Waals surface area contributed by atoms with Gasteiger partial charge in [0.1, 0.15) is 0 Å². The van der Waals surface area contributed by atoms with Gasteiger partial charge in [-0.05, 0) is 24.0 Å². The van der Waals surface area contributed by atoms with Gasteiger partial charge in [-0.15, -0.1) is 0 Å². The summed E-state index contributed by atoms with van der Waals surface area (Å²) < 4.78 is 0. The highest BCUT2D eigenvalue weighted by molar-refractivity contribution is 5.26. The SMILES string of the molecule is CC(C)c1ccc([C@@H](O)[C@H](C)N)cc1. The highest BCUT2D eigenvalue weighted by Gasteiger charge is 2.11. The molecule has 0 spiro atoms. The number of hydrogen-bond donors (Lipinski definition) is 2. The van der Waals surface area contributed by atoms with Crippen LogP contribution < -0.4 is 5.73 Å². The summed E-state index contributed by atoms with van der Waals surface area (Å²) in [5.74, 6) is 0.525. The molecular formula is C12H19NO. The predicted molar refractivity (Wildman–Crippen MR) is 59.1 cm³/mol. The minimum atomic E-state index is -0.559. The summed E-state index contributed by atoms with van der Waals surface area (Å²) in [6.45, 7) is 6.11. The van der Waals surface area contributed by atoms with Crippen LogP contribution in [0, 0.1) is 0 Å². The first-order valence-corrected chi connectivity index (χ1v) is 5.06. The average molecular weight is 193 g/mol. The highest BCUT2D eigenvalue weighted by atomic mass is 16.3. The van der Waals surface area contributed by atoms with Crippen LogP contribution in [0.1, 0.15) is 43.9 Å². The molecule has 0 saturated carbocycles. The van der Waals surface area contributed by atoms with Gasteiger partial charge in [-0.3, -0.25) is 0 Å². The molecule has 1 aromatic rings. The van der Waals surface area contributed by atoms with Gasteiger partial charge in [-0.1, -0.05) is 38.1 Å². The summed E-state index contributed by atoms with van der Waals surface area (Å²) in [6, 6.07) is 7.77. The Bertz CT molecular complexity index is 277. The molecule has 2 heteroatoms. The van der Waals surface area contributed by atoms with Crippen molar-refractivity contribution >= 4 is 0 Å². The third kappa shape index (κ3) is 2.56. The molecule has 0 bridgehead atoms. The number of aliphatic hydroxyl groups is 1. The van der Waals surface area contributed by atoms with Gasteiger partial charge in [0.05, 0.1) is 6.10 Å². The third-order valence-electron chi connectivity index (χ3n) is 2.44. The van der Waals surface area contributed by atoms with Crippen LogP contribution in [0.15, 0.2) is 24.3 Å². The zero-order valence-corrected chi connectivity index (χ0v) is 9.07. The Balaban J connectivity index is 2.83. The fourth-order valence-electron chi connectivity index (χ4n) is 1.38. The van der Waals surface area contributed by atoms with Crippen LogP contribution in [-0.2, 0) is 0 Å². The largest absolute Gasteiger partial charge is 0.387 e. The van der Waals surface area contributed by atoms with Crippen LogP contribution in [0.4, 0.5) is 0 Å². The van der Waals surface area contributed by atoms with E-state index in [0.29, 0.717) is 5.92 Å². The normalized spacial score (nSPS) is 15.6. The van der Waals surface area contributed by atoms with Crippen molar-refractivity contribution in [1.82, 2.24) is 0 Å². The van der Waals surface area contributed by atoms with Gasteiger partial charge in [0, 0.05) is 6.04 Å². The van der Waals surface area contributed by atoms with E-state index in [-0.39, 0.29) is 6.04 Å². The summed E-state index contributed by atoms with van der Waals surface area (Å²) in [6.07, 6.45) is -0.559. The van der Waals surface area contributed by atoms with Crippen LogP contribution >= 0.6 is 0 Å². The average Bonchev–Trinajstić information content (AvgIpc) is 2.16. The lowest BCUT2D eigenvalue weighted by molar-refractivity contribution is 0.153. The molecule has 0 aliphatic rings. The van der Waals surface area contributed by atoms with Crippen molar-refractivity contribution in [3.05, 3.63) is 35.4 Å². The van der Waals surface area contributed by atoms with Gasteiger partial charge in [0.15, 0.2) is 0 Å². The maximum Gasteiger partial charge on any atom is 0.0938 e. The van der Waals surface area contributed by atoms with Crippen LogP contribution in [0.5, 0.6) is 0 Å². The van der Waals surface area contributed by atoms with E-state index in [1.54, 1.807) is 6.92 Å². The minimum absolute atomic E-state index is 0.222. The molecule has 3 N–H and O–H groups in total. The van der Waals surface area contributed by atoms with Crippen LogP contribution in [0.25, 0.3) is 0 Å². The topological polar surface area (TPSA) is 46.2 Å². The van der Waals surface area contributed by atoms with Crippen molar-refractivity contribution in [2.45, 2.75) is 38.8 Å². The molecule has 14 heavy (non-hydrogen) atoms. The Morgan fingerprint density at radius 3 is 1.79 bits per heavy atom. The molecule has 0 radical (unpaired) electrons. The van der Waals surface area contributed by atoms with E-state index in [1.165, 1.54) is 5.56 Å². The standard InChI is InChI=1S/C12H19NO/c1-8(2)10-4-6-11(7-5-10)12(14)9(3)13/h4-9,12,14H,13H2,1-3H3/t9-,12-/m0/s1. The lowest BCUT2D eigenvalue weighted by atomic mass is 9.98. The van der Waals surface area contributed by atoms with Crippen molar-refractivity contribution in [2.24, 2.45) is 5.73 Å². The van der Waals surface area contributed by atoms with Gasteiger partial charge in [-0.25, -0.2) is 0 Å². The van der Waals surface area contributed by atoms with E-state index in [2.05, 4.69) is 13.8 Å². The summed E-state index contributed by atoms with van der Waals surface area (Å²) in [7, 11) is 0. The number of nitrogens with two attached hydrogens (primary N) is 1. The Morgan fingerprint density at radius 2 is 1.43 bits per heavy atom. The first-order chi connectivity index (χ1) is 6.52. The third-order valence-corrected chi connectivity index (χ3v) is 2.44. The second-order valence-corrected chi connectivity index (χ2v) is 4.13. The van der Waals surface area contributed by atoms with Gasteiger partial charge in [0.2, 0.25) is 0 Å². The summed E-state index contributed by atoms with van der Waals surface area (Å²) >= 11 is 0. The zero-order valence-electron chi connectivity index (χ0n) is 9.07. The van der Waals surface area contributed by atoms with Crippen LogP contribution in [0.2, 0.25) is 0 Å².